The molecule has 5 nitrogen and oxygen atoms in total. The first-order chi connectivity index (χ1) is 9.47. The lowest BCUT2D eigenvalue weighted by Gasteiger charge is -2.22. The second kappa shape index (κ2) is 7.43. The number of carbonyl (C=O) groups excluding carboxylic acids is 1. The van der Waals surface area contributed by atoms with E-state index >= 15 is 0 Å². The molecule has 1 aromatic rings. The number of rotatable bonds is 7. The Balaban J connectivity index is 3.00. The summed E-state index contributed by atoms with van der Waals surface area (Å²) in [6.07, 6.45) is 2.87. The summed E-state index contributed by atoms with van der Waals surface area (Å²) in [6.45, 7) is 7.76. The van der Waals surface area contributed by atoms with Crippen molar-refractivity contribution >= 4 is 17.3 Å². The topological polar surface area (TPSA) is 63.5 Å². The number of amides is 1. The maximum absolute atomic E-state index is 11.8. The molecule has 1 rings (SSSR count). The van der Waals surface area contributed by atoms with Crippen molar-refractivity contribution in [3.63, 3.8) is 0 Å². The van der Waals surface area contributed by atoms with Gasteiger partial charge in [0, 0.05) is 19.5 Å². The van der Waals surface area contributed by atoms with E-state index in [-0.39, 0.29) is 11.6 Å². The SMILES string of the molecule is C=C(CCCC)CN(C(C)=O)c1ccccc1[N+](=O)[O-]. The number of carbonyl (C=O) groups is 1. The summed E-state index contributed by atoms with van der Waals surface area (Å²) in [5, 5.41) is 11.1. The minimum absolute atomic E-state index is 0.0639. The third-order valence-corrected chi connectivity index (χ3v) is 3.01. The average molecular weight is 276 g/mol. The quantitative estimate of drug-likeness (QED) is 0.433. The van der Waals surface area contributed by atoms with Gasteiger partial charge in [-0.15, -0.1) is 0 Å². The smallest absolute Gasteiger partial charge is 0.292 e. The van der Waals surface area contributed by atoms with E-state index < -0.39 is 4.92 Å². The van der Waals surface area contributed by atoms with Crippen molar-refractivity contribution in [2.45, 2.75) is 33.1 Å². The molecule has 0 heterocycles. The maximum atomic E-state index is 11.8. The van der Waals surface area contributed by atoms with Crippen LogP contribution in [-0.4, -0.2) is 17.4 Å². The van der Waals surface area contributed by atoms with Crippen LogP contribution in [0.2, 0.25) is 0 Å². The molecule has 0 atom stereocenters. The number of unbranched alkanes of at least 4 members (excludes halogenated alkanes) is 1. The van der Waals surface area contributed by atoms with Gasteiger partial charge in [-0.3, -0.25) is 14.9 Å². The first-order valence-electron chi connectivity index (χ1n) is 6.65. The van der Waals surface area contributed by atoms with Crippen molar-refractivity contribution in [2.75, 3.05) is 11.4 Å². The van der Waals surface area contributed by atoms with Gasteiger partial charge in [0.05, 0.1) is 4.92 Å². The Morgan fingerprint density at radius 3 is 2.60 bits per heavy atom. The van der Waals surface area contributed by atoms with Crippen molar-refractivity contribution in [3.05, 3.63) is 46.5 Å². The molecule has 0 saturated heterocycles. The normalized spacial score (nSPS) is 10.1. The van der Waals surface area contributed by atoms with Crippen LogP contribution >= 0.6 is 0 Å². The Hall–Kier alpha value is -2.17. The van der Waals surface area contributed by atoms with Gasteiger partial charge in [-0.1, -0.05) is 37.6 Å². The molecule has 0 unspecified atom stereocenters. The van der Waals surface area contributed by atoms with Gasteiger partial charge in [-0.05, 0) is 18.9 Å². The lowest BCUT2D eigenvalue weighted by atomic mass is 10.1. The van der Waals surface area contributed by atoms with Crippen LogP contribution in [0.1, 0.15) is 33.1 Å². The van der Waals surface area contributed by atoms with E-state index in [0.717, 1.165) is 24.8 Å². The predicted molar refractivity (Wildman–Crippen MR) is 79.8 cm³/mol. The van der Waals surface area contributed by atoms with Crippen LogP contribution in [0.4, 0.5) is 11.4 Å². The molecule has 0 aliphatic heterocycles. The van der Waals surface area contributed by atoms with Crippen LogP contribution in [0.15, 0.2) is 36.4 Å². The van der Waals surface area contributed by atoms with Gasteiger partial charge >= 0.3 is 0 Å². The van der Waals surface area contributed by atoms with E-state index in [4.69, 9.17) is 0 Å². The molecule has 0 bridgehead atoms. The van der Waals surface area contributed by atoms with Gasteiger partial charge in [0.1, 0.15) is 5.69 Å². The second-order valence-corrected chi connectivity index (χ2v) is 4.70. The van der Waals surface area contributed by atoms with E-state index in [1.54, 1.807) is 18.2 Å². The Bertz CT molecular complexity index is 512. The summed E-state index contributed by atoms with van der Waals surface area (Å²) in [5.41, 5.74) is 1.16. The molecule has 0 fully saturated rings. The van der Waals surface area contributed by atoms with Crippen LogP contribution in [0.5, 0.6) is 0 Å². The Labute approximate surface area is 119 Å². The minimum Gasteiger partial charge on any atom is -0.303 e. The molecule has 0 N–H and O–H groups in total. The fourth-order valence-corrected chi connectivity index (χ4v) is 1.94. The maximum Gasteiger partial charge on any atom is 0.292 e. The third-order valence-electron chi connectivity index (χ3n) is 3.01. The lowest BCUT2D eigenvalue weighted by molar-refractivity contribution is -0.384. The van der Waals surface area contributed by atoms with Crippen LogP contribution in [-0.2, 0) is 4.79 Å². The van der Waals surface area contributed by atoms with E-state index in [9.17, 15) is 14.9 Å². The number of hydrogen-bond acceptors (Lipinski definition) is 3. The standard InChI is InChI=1S/C15H20N2O3/c1-4-5-8-12(2)11-16(13(3)18)14-9-6-7-10-15(14)17(19)20/h6-7,9-10H,2,4-5,8,11H2,1,3H3. The van der Waals surface area contributed by atoms with Gasteiger partial charge in [0.2, 0.25) is 5.91 Å². The number of hydrogen-bond donors (Lipinski definition) is 0. The average Bonchev–Trinajstić information content (AvgIpc) is 2.42. The molecule has 0 aromatic heterocycles. The van der Waals surface area contributed by atoms with Crippen molar-refractivity contribution in [3.8, 4) is 0 Å². The molecule has 1 aromatic carbocycles. The zero-order chi connectivity index (χ0) is 15.1. The third kappa shape index (κ3) is 4.19. The van der Waals surface area contributed by atoms with Crippen LogP contribution in [0.25, 0.3) is 0 Å². The fraction of sp³-hybridized carbons (Fsp3) is 0.400. The molecular weight excluding hydrogens is 256 g/mol. The Kier molecular flexibility index (Phi) is 5.90. The van der Waals surface area contributed by atoms with Crippen molar-refractivity contribution < 1.29 is 9.72 Å². The van der Waals surface area contributed by atoms with E-state index in [0.29, 0.717) is 12.2 Å². The molecule has 0 spiro atoms. The molecule has 0 radical (unpaired) electrons. The van der Waals surface area contributed by atoms with Crippen LogP contribution in [0, 0.1) is 10.1 Å². The Morgan fingerprint density at radius 1 is 1.40 bits per heavy atom. The first-order valence-corrected chi connectivity index (χ1v) is 6.65. The van der Waals surface area contributed by atoms with E-state index in [2.05, 4.69) is 13.5 Å². The molecule has 0 aliphatic rings. The number of para-hydroxylation sites is 2. The minimum atomic E-state index is -0.472. The van der Waals surface area contributed by atoms with Crippen molar-refractivity contribution in [1.82, 2.24) is 0 Å². The highest BCUT2D eigenvalue weighted by molar-refractivity contribution is 5.94. The molecule has 20 heavy (non-hydrogen) atoms. The monoisotopic (exact) mass is 276 g/mol. The van der Waals surface area contributed by atoms with Gasteiger partial charge in [-0.25, -0.2) is 0 Å². The number of nitro benzene ring substituents is 1. The first kappa shape index (κ1) is 15.9. The summed E-state index contributed by atoms with van der Waals surface area (Å²) in [5.74, 6) is -0.225. The van der Waals surface area contributed by atoms with Gasteiger partial charge in [0.15, 0.2) is 0 Å². The molecule has 0 saturated carbocycles. The largest absolute Gasteiger partial charge is 0.303 e. The molecule has 0 aliphatic carbocycles. The highest BCUT2D eigenvalue weighted by Gasteiger charge is 2.21. The highest BCUT2D eigenvalue weighted by Crippen LogP contribution is 2.28. The summed E-state index contributed by atoms with van der Waals surface area (Å²) in [7, 11) is 0. The highest BCUT2D eigenvalue weighted by atomic mass is 16.6. The number of nitro groups is 1. The van der Waals surface area contributed by atoms with Gasteiger partial charge < -0.3 is 4.90 Å². The van der Waals surface area contributed by atoms with E-state index in [1.165, 1.54) is 17.9 Å². The van der Waals surface area contributed by atoms with Crippen molar-refractivity contribution in [2.24, 2.45) is 0 Å². The van der Waals surface area contributed by atoms with Gasteiger partial charge in [0.25, 0.3) is 5.69 Å². The summed E-state index contributed by atoms with van der Waals surface area (Å²) in [4.78, 5) is 23.8. The van der Waals surface area contributed by atoms with Crippen LogP contribution < -0.4 is 4.90 Å². The van der Waals surface area contributed by atoms with Crippen LogP contribution in [0.3, 0.4) is 0 Å². The van der Waals surface area contributed by atoms with E-state index in [1.807, 2.05) is 0 Å². The summed E-state index contributed by atoms with van der Waals surface area (Å²) < 4.78 is 0. The zero-order valence-corrected chi connectivity index (χ0v) is 12.0. The number of benzene rings is 1. The fourth-order valence-electron chi connectivity index (χ4n) is 1.94. The van der Waals surface area contributed by atoms with Gasteiger partial charge in [-0.2, -0.15) is 0 Å². The second-order valence-electron chi connectivity index (χ2n) is 4.70. The Morgan fingerprint density at radius 2 is 2.05 bits per heavy atom. The number of nitrogens with zero attached hydrogens (tertiary/aromatic N) is 2. The number of anilines is 1. The molecular formula is C15H20N2O3. The van der Waals surface area contributed by atoms with Crippen molar-refractivity contribution in [1.29, 1.82) is 0 Å². The summed E-state index contributed by atoms with van der Waals surface area (Å²) >= 11 is 0. The predicted octanol–water partition coefficient (Wildman–Crippen LogP) is 3.69. The molecule has 108 valence electrons. The summed E-state index contributed by atoms with van der Waals surface area (Å²) in [6, 6.07) is 6.27. The molecule has 5 heteroatoms. The lowest BCUT2D eigenvalue weighted by Crippen LogP contribution is -2.31. The molecule has 1 amide bonds. The zero-order valence-electron chi connectivity index (χ0n) is 12.0.